The van der Waals surface area contributed by atoms with Crippen molar-refractivity contribution in [3.63, 3.8) is 0 Å². The van der Waals surface area contributed by atoms with Crippen LogP contribution in [0.3, 0.4) is 0 Å². The Balaban J connectivity index is 4.37. The van der Waals surface area contributed by atoms with Crippen LogP contribution in [0.5, 0.6) is 0 Å². The average Bonchev–Trinajstić information content (AvgIpc) is 2.35. The lowest BCUT2D eigenvalue weighted by Gasteiger charge is -2.36. The first kappa shape index (κ1) is 18.8. The van der Waals surface area contributed by atoms with E-state index in [2.05, 4.69) is 6.92 Å². The largest absolute Gasteiger partial charge is 0.366 e. The van der Waals surface area contributed by atoms with Gasteiger partial charge < -0.3 is 25.2 Å². The van der Waals surface area contributed by atoms with Gasteiger partial charge in [0.25, 0.3) is 0 Å². The molecule has 5 nitrogen and oxygen atoms in total. The van der Waals surface area contributed by atoms with Gasteiger partial charge in [-0.15, -0.1) is 0 Å². The smallest absolute Gasteiger partial charge is 0.186 e. The van der Waals surface area contributed by atoms with Crippen molar-refractivity contribution in [1.82, 2.24) is 0 Å². The molecule has 0 spiro atoms. The summed E-state index contributed by atoms with van der Waals surface area (Å²) in [6.45, 7) is 4.43. The molecule has 0 saturated carbocycles. The van der Waals surface area contributed by atoms with Crippen molar-refractivity contribution in [3.05, 3.63) is 0 Å². The lowest BCUT2D eigenvalue weighted by Crippen LogP contribution is -2.54. The van der Waals surface area contributed by atoms with E-state index >= 15 is 0 Å². The summed E-state index contributed by atoms with van der Waals surface area (Å²) in [6, 6.07) is 0. The van der Waals surface area contributed by atoms with Crippen LogP contribution in [-0.4, -0.2) is 45.2 Å². The zero-order valence-electron chi connectivity index (χ0n) is 12.2. The molecule has 19 heavy (non-hydrogen) atoms. The first-order chi connectivity index (χ1) is 9.01. The number of aliphatic hydroxyl groups is 4. The van der Waals surface area contributed by atoms with E-state index in [1.807, 2.05) is 6.92 Å². The van der Waals surface area contributed by atoms with Crippen molar-refractivity contribution >= 4 is 0 Å². The van der Waals surface area contributed by atoms with Crippen LogP contribution in [0.15, 0.2) is 0 Å². The van der Waals surface area contributed by atoms with Gasteiger partial charge in [0.05, 0.1) is 0 Å². The molecule has 0 atom stereocenters. The molecule has 0 bridgehead atoms. The quantitative estimate of drug-likeness (QED) is 0.321. The minimum atomic E-state index is -1.89. The van der Waals surface area contributed by atoms with E-state index in [-0.39, 0.29) is 6.42 Å². The predicted molar refractivity (Wildman–Crippen MR) is 73.4 cm³/mol. The summed E-state index contributed by atoms with van der Waals surface area (Å²) in [7, 11) is 0. The van der Waals surface area contributed by atoms with Gasteiger partial charge in [-0.2, -0.15) is 0 Å². The van der Waals surface area contributed by atoms with Gasteiger partial charge in [0.1, 0.15) is 0 Å². The van der Waals surface area contributed by atoms with E-state index in [0.717, 1.165) is 38.5 Å². The van der Waals surface area contributed by atoms with Crippen LogP contribution in [-0.2, 0) is 4.74 Å². The predicted octanol–water partition coefficient (Wildman–Crippen LogP) is 1.52. The SMILES string of the molecule is CCCCCCOC(CCCCC)(C(O)O)C(O)O. The Morgan fingerprint density at radius 2 is 1.32 bits per heavy atom. The van der Waals surface area contributed by atoms with Crippen LogP contribution < -0.4 is 0 Å². The second-order valence-electron chi connectivity index (χ2n) is 5.07. The number of aliphatic hydroxyl groups excluding tert-OH is 2. The first-order valence-corrected chi connectivity index (χ1v) is 7.37. The molecular formula is C14H30O5. The van der Waals surface area contributed by atoms with Gasteiger partial charge in [-0.1, -0.05) is 52.4 Å². The molecule has 0 saturated heterocycles. The molecule has 0 aliphatic heterocycles. The van der Waals surface area contributed by atoms with Crippen LogP contribution in [0.25, 0.3) is 0 Å². The van der Waals surface area contributed by atoms with Crippen LogP contribution in [0, 0.1) is 0 Å². The van der Waals surface area contributed by atoms with Crippen molar-refractivity contribution in [2.24, 2.45) is 0 Å². The molecule has 0 aromatic heterocycles. The summed E-state index contributed by atoms with van der Waals surface area (Å²) in [5.41, 5.74) is -1.68. The van der Waals surface area contributed by atoms with E-state index < -0.39 is 18.2 Å². The normalized spacial score (nSPS) is 12.6. The number of hydrogen-bond acceptors (Lipinski definition) is 5. The second kappa shape index (κ2) is 10.6. The summed E-state index contributed by atoms with van der Waals surface area (Å²) in [5, 5.41) is 37.8. The molecule has 116 valence electrons. The summed E-state index contributed by atoms with van der Waals surface area (Å²) < 4.78 is 5.45. The van der Waals surface area contributed by atoms with Crippen molar-refractivity contribution in [1.29, 1.82) is 0 Å². The fourth-order valence-corrected chi connectivity index (χ4v) is 2.06. The monoisotopic (exact) mass is 278 g/mol. The highest BCUT2D eigenvalue weighted by molar-refractivity contribution is 4.85. The Kier molecular flexibility index (Phi) is 10.5. The van der Waals surface area contributed by atoms with Crippen LogP contribution in [0.1, 0.15) is 65.2 Å². The summed E-state index contributed by atoms with van der Waals surface area (Å²) in [5.74, 6) is 0. The van der Waals surface area contributed by atoms with Crippen molar-refractivity contribution in [2.75, 3.05) is 6.61 Å². The summed E-state index contributed by atoms with van der Waals surface area (Å²) >= 11 is 0. The van der Waals surface area contributed by atoms with E-state index in [1.54, 1.807) is 0 Å². The molecule has 0 radical (unpaired) electrons. The number of ether oxygens (including phenoxy) is 1. The van der Waals surface area contributed by atoms with Crippen molar-refractivity contribution in [2.45, 2.75) is 83.4 Å². The maximum absolute atomic E-state index is 9.45. The Morgan fingerprint density at radius 3 is 1.79 bits per heavy atom. The van der Waals surface area contributed by atoms with Gasteiger partial charge in [0.15, 0.2) is 18.2 Å². The molecule has 0 aromatic rings. The third-order valence-electron chi connectivity index (χ3n) is 3.41. The minimum absolute atomic E-state index is 0.226. The number of rotatable bonds is 12. The first-order valence-electron chi connectivity index (χ1n) is 7.37. The van der Waals surface area contributed by atoms with E-state index in [4.69, 9.17) is 4.74 Å². The third kappa shape index (κ3) is 6.68. The Bertz CT molecular complexity index is 198. The Hall–Kier alpha value is -0.200. The fraction of sp³-hybridized carbons (Fsp3) is 1.00. The highest BCUT2D eigenvalue weighted by Gasteiger charge is 2.44. The zero-order valence-corrected chi connectivity index (χ0v) is 12.2. The van der Waals surface area contributed by atoms with E-state index in [0.29, 0.717) is 13.0 Å². The van der Waals surface area contributed by atoms with Crippen LogP contribution in [0.2, 0.25) is 0 Å². The van der Waals surface area contributed by atoms with E-state index in [1.165, 1.54) is 0 Å². The third-order valence-corrected chi connectivity index (χ3v) is 3.41. The topological polar surface area (TPSA) is 90.2 Å². The number of unbranched alkanes of at least 4 members (excludes halogenated alkanes) is 5. The summed E-state index contributed by atoms with van der Waals surface area (Å²) in [4.78, 5) is 0. The maximum atomic E-state index is 9.45. The molecule has 0 amide bonds. The molecule has 0 heterocycles. The van der Waals surface area contributed by atoms with Crippen LogP contribution in [0.4, 0.5) is 0 Å². The second-order valence-corrected chi connectivity index (χ2v) is 5.07. The molecule has 5 heteroatoms. The van der Waals surface area contributed by atoms with Crippen molar-refractivity contribution in [3.8, 4) is 0 Å². The molecule has 0 aromatic carbocycles. The molecule has 0 fully saturated rings. The van der Waals surface area contributed by atoms with Gasteiger partial charge in [-0.05, 0) is 12.8 Å². The van der Waals surface area contributed by atoms with Gasteiger partial charge in [-0.25, -0.2) is 0 Å². The molecule has 0 rings (SSSR count). The highest BCUT2D eigenvalue weighted by atomic mass is 16.6. The summed E-state index contributed by atoms with van der Waals surface area (Å²) in [6.07, 6.45) is 2.93. The standard InChI is InChI=1S/C14H30O5/c1-3-5-7-9-11-19-14(12(15)16,13(17)18)10-8-6-4-2/h12-13,15-18H,3-11H2,1-2H3. The van der Waals surface area contributed by atoms with E-state index in [9.17, 15) is 20.4 Å². The van der Waals surface area contributed by atoms with Gasteiger partial charge in [0, 0.05) is 6.61 Å². The molecule has 4 N–H and O–H groups in total. The maximum Gasteiger partial charge on any atom is 0.186 e. The van der Waals surface area contributed by atoms with Gasteiger partial charge in [-0.3, -0.25) is 0 Å². The minimum Gasteiger partial charge on any atom is -0.366 e. The Morgan fingerprint density at radius 1 is 0.789 bits per heavy atom. The van der Waals surface area contributed by atoms with Gasteiger partial charge in [0.2, 0.25) is 0 Å². The average molecular weight is 278 g/mol. The lowest BCUT2D eigenvalue weighted by atomic mass is 9.94. The highest BCUT2D eigenvalue weighted by Crippen LogP contribution is 2.27. The molecular weight excluding hydrogens is 248 g/mol. The van der Waals surface area contributed by atoms with Crippen molar-refractivity contribution < 1.29 is 25.2 Å². The zero-order chi connectivity index (χ0) is 14.7. The Labute approximate surface area is 116 Å². The van der Waals surface area contributed by atoms with Crippen LogP contribution >= 0.6 is 0 Å². The fourth-order valence-electron chi connectivity index (χ4n) is 2.06. The molecule has 0 aliphatic rings. The molecule has 0 unspecified atom stereocenters. The molecule has 0 aliphatic carbocycles. The van der Waals surface area contributed by atoms with Gasteiger partial charge >= 0.3 is 0 Å². The lowest BCUT2D eigenvalue weighted by molar-refractivity contribution is -0.295. The number of hydrogen-bond donors (Lipinski definition) is 4.